The number of para-hydroxylation sites is 1. The van der Waals surface area contributed by atoms with E-state index in [4.69, 9.17) is 11.6 Å². The highest BCUT2D eigenvalue weighted by Crippen LogP contribution is 2.26. The Morgan fingerprint density at radius 1 is 1.03 bits per heavy atom. The van der Waals surface area contributed by atoms with Gasteiger partial charge in [0.05, 0.1) is 22.8 Å². The highest BCUT2D eigenvalue weighted by Gasteiger charge is 2.23. The van der Waals surface area contributed by atoms with Crippen LogP contribution in [0.2, 0.25) is 5.02 Å². The molecule has 2 aromatic carbocycles. The van der Waals surface area contributed by atoms with Gasteiger partial charge in [0, 0.05) is 37.2 Å². The topological polar surface area (TPSA) is 77.6 Å². The van der Waals surface area contributed by atoms with Crippen LogP contribution in [0.15, 0.2) is 53.9 Å². The van der Waals surface area contributed by atoms with E-state index in [1.807, 2.05) is 29.2 Å². The van der Waals surface area contributed by atoms with E-state index in [1.54, 1.807) is 5.38 Å². The predicted molar refractivity (Wildman–Crippen MR) is 125 cm³/mol. The zero-order chi connectivity index (χ0) is 22.5. The zero-order valence-corrected chi connectivity index (χ0v) is 18.6. The average molecular weight is 474 g/mol. The van der Waals surface area contributed by atoms with Crippen molar-refractivity contribution < 1.29 is 14.0 Å². The lowest BCUT2D eigenvalue weighted by atomic mass is 10.2. The molecule has 0 saturated carbocycles. The number of rotatable bonds is 5. The van der Waals surface area contributed by atoms with Gasteiger partial charge in [-0.3, -0.25) is 10.1 Å². The molecule has 166 valence electrons. The van der Waals surface area contributed by atoms with E-state index in [9.17, 15) is 14.0 Å². The SMILES string of the molecule is O=C(Nc1ccc(F)cc1)Nc1nc(CC(=O)N2CCN(c3ccccc3Cl)CC2)cs1. The van der Waals surface area contributed by atoms with E-state index in [2.05, 4.69) is 20.5 Å². The minimum atomic E-state index is -0.487. The minimum absolute atomic E-state index is 0.00331. The molecule has 7 nitrogen and oxygen atoms in total. The molecular formula is C22H21ClFN5O2S. The molecule has 2 heterocycles. The van der Waals surface area contributed by atoms with E-state index in [0.29, 0.717) is 47.7 Å². The van der Waals surface area contributed by atoms with Gasteiger partial charge in [0.1, 0.15) is 5.82 Å². The number of carbonyl (C=O) groups is 2. The maximum Gasteiger partial charge on any atom is 0.325 e. The summed E-state index contributed by atoms with van der Waals surface area (Å²) < 4.78 is 13.0. The summed E-state index contributed by atoms with van der Waals surface area (Å²) in [5.74, 6) is -0.383. The fourth-order valence-corrected chi connectivity index (χ4v) is 4.37. The Morgan fingerprint density at radius 3 is 2.47 bits per heavy atom. The molecule has 2 N–H and O–H groups in total. The number of nitrogens with one attached hydrogen (secondary N) is 2. The van der Waals surface area contributed by atoms with Crippen LogP contribution >= 0.6 is 22.9 Å². The molecule has 1 aliphatic rings. The van der Waals surface area contributed by atoms with Crippen LogP contribution in [0.3, 0.4) is 0 Å². The minimum Gasteiger partial charge on any atom is -0.367 e. The van der Waals surface area contributed by atoms with E-state index in [-0.39, 0.29) is 18.1 Å². The van der Waals surface area contributed by atoms with Crippen molar-refractivity contribution in [1.82, 2.24) is 9.88 Å². The summed E-state index contributed by atoms with van der Waals surface area (Å²) in [5, 5.41) is 8.08. The highest BCUT2D eigenvalue weighted by molar-refractivity contribution is 7.14. The maximum atomic E-state index is 13.0. The van der Waals surface area contributed by atoms with Gasteiger partial charge >= 0.3 is 6.03 Å². The van der Waals surface area contributed by atoms with Gasteiger partial charge in [-0.2, -0.15) is 0 Å². The summed E-state index contributed by atoms with van der Waals surface area (Å²) in [6.07, 6.45) is 0.170. The first-order valence-corrected chi connectivity index (χ1v) is 11.3. The molecule has 3 amide bonds. The number of hydrogen-bond acceptors (Lipinski definition) is 5. The molecule has 10 heteroatoms. The Kier molecular flexibility index (Phi) is 6.87. The van der Waals surface area contributed by atoms with Gasteiger partial charge in [-0.1, -0.05) is 23.7 Å². The van der Waals surface area contributed by atoms with Crippen LogP contribution in [-0.4, -0.2) is 48.0 Å². The molecule has 1 aromatic heterocycles. The van der Waals surface area contributed by atoms with Gasteiger partial charge in [-0.25, -0.2) is 14.2 Å². The zero-order valence-electron chi connectivity index (χ0n) is 17.1. The fraction of sp³-hybridized carbons (Fsp3) is 0.227. The largest absolute Gasteiger partial charge is 0.367 e. The van der Waals surface area contributed by atoms with E-state index < -0.39 is 6.03 Å². The van der Waals surface area contributed by atoms with E-state index in [0.717, 1.165) is 5.69 Å². The van der Waals surface area contributed by atoms with Crippen LogP contribution in [0.1, 0.15) is 5.69 Å². The average Bonchev–Trinajstić information content (AvgIpc) is 3.22. The summed E-state index contributed by atoms with van der Waals surface area (Å²) in [6.45, 7) is 2.64. The first kappa shape index (κ1) is 22.0. The van der Waals surface area contributed by atoms with Crippen LogP contribution in [-0.2, 0) is 11.2 Å². The Bertz CT molecular complexity index is 1100. The number of benzene rings is 2. The molecule has 0 spiro atoms. The first-order valence-electron chi connectivity index (χ1n) is 10.0. The van der Waals surface area contributed by atoms with Crippen molar-refractivity contribution in [2.45, 2.75) is 6.42 Å². The monoisotopic (exact) mass is 473 g/mol. The molecule has 0 atom stereocenters. The fourth-order valence-electron chi connectivity index (χ4n) is 3.41. The number of amides is 3. The molecule has 3 aromatic rings. The normalized spacial score (nSPS) is 13.7. The van der Waals surface area contributed by atoms with Gasteiger partial charge in [0.15, 0.2) is 5.13 Å². The summed E-state index contributed by atoms with van der Waals surface area (Å²) in [5.41, 5.74) is 2.05. The maximum absolute atomic E-state index is 13.0. The number of piperazine rings is 1. The lowest BCUT2D eigenvalue weighted by Crippen LogP contribution is -2.49. The van der Waals surface area contributed by atoms with Gasteiger partial charge in [-0.05, 0) is 36.4 Å². The molecule has 1 saturated heterocycles. The van der Waals surface area contributed by atoms with Crippen molar-refractivity contribution in [2.24, 2.45) is 0 Å². The van der Waals surface area contributed by atoms with E-state index >= 15 is 0 Å². The molecular weight excluding hydrogens is 453 g/mol. The van der Waals surface area contributed by atoms with Crippen LogP contribution in [0.4, 0.5) is 25.7 Å². The smallest absolute Gasteiger partial charge is 0.325 e. The molecule has 1 fully saturated rings. The Morgan fingerprint density at radius 2 is 1.75 bits per heavy atom. The number of urea groups is 1. The number of halogens is 2. The first-order chi connectivity index (χ1) is 15.5. The Hall–Kier alpha value is -3.17. The third-order valence-electron chi connectivity index (χ3n) is 5.03. The van der Waals surface area contributed by atoms with Crippen molar-refractivity contribution in [2.75, 3.05) is 41.7 Å². The number of aromatic nitrogens is 1. The quantitative estimate of drug-likeness (QED) is 0.573. The number of thiazole rings is 1. The summed E-state index contributed by atoms with van der Waals surface area (Å²) in [7, 11) is 0. The van der Waals surface area contributed by atoms with Crippen LogP contribution in [0.5, 0.6) is 0 Å². The second-order valence-electron chi connectivity index (χ2n) is 7.23. The number of carbonyl (C=O) groups excluding carboxylic acids is 2. The molecule has 0 aliphatic carbocycles. The number of hydrogen-bond donors (Lipinski definition) is 2. The second-order valence-corrected chi connectivity index (χ2v) is 8.49. The molecule has 0 radical (unpaired) electrons. The number of nitrogens with zero attached hydrogens (tertiary/aromatic N) is 3. The standard InChI is InChI=1S/C22H21ClFN5O2S/c23-18-3-1-2-4-19(18)28-9-11-29(12-10-28)20(30)13-17-14-32-22(26-17)27-21(31)25-16-7-5-15(24)6-8-16/h1-8,14H,9-13H2,(H2,25,26,27,31). The Balaban J connectivity index is 1.26. The van der Waals surface area contributed by atoms with Crippen LogP contribution in [0.25, 0.3) is 0 Å². The van der Waals surface area contributed by atoms with Crippen molar-refractivity contribution in [3.05, 3.63) is 70.4 Å². The summed E-state index contributed by atoms with van der Waals surface area (Å²) in [6, 6.07) is 12.7. The molecule has 1 aliphatic heterocycles. The lowest BCUT2D eigenvalue weighted by molar-refractivity contribution is -0.130. The second kappa shape index (κ2) is 9.97. The van der Waals surface area contributed by atoms with Gasteiger partial charge in [0.2, 0.25) is 5.91 Å². The van der Waals surface area contributed by atoms with Crippen molar-refractivity contribution in [3.63, 3.8) is 0 Å². The van der Waals surface area contributed by atoms with Crippen LogP contribution in [0, 0.1) is 5.82 Å². The lowest BCUT2D eigenvalue weighted by Gasteiger charge is -2.36. The molecule has 0 unspecified atom stereocenters. The van der Waals surface area contributed by atoms with Crippen molar-refractivity contribution in [1.29, 1.82) is 0 Å². The van der Waals surface area contributed by atoms with Gasteiger partial charge in [0.25, 0.3) is 0 Å². The third-order valence-corrected chi connectivity index (χ3v) is 6.16. The van der Waals surface area contributed by atoms with Crippen molar-refractivity contribution >= 4 is 51.4 Å². The predicted octanol–water partition coefficient (Wildman–Crippen LogP) is 4.47. The van der Waals surface area contributed by atoms with Gasteiger partial charge in [-0.15, -0.1) is 11.3 Å². The summed E-state index contributed by atoms with van der Waals surface area (Å²) >= 11 is 7.52. The Labute approximate surface area is 193 Å². The van der Waals surface area contributed by atoms with Crippen molar-refractivity contribution in [3.8, 4) is 0 Å². The molecule has 32 heavy (non-hydrogen) atoms. The van der Waals surface area contributed by atoms with E-state index in [1.165, 1.54) is 35.6 Å². The molecule has 0 bridgehead atoms. The third kappa shape index (κ3) is 5.54. The molecule has 4 rings (SSSR count). The number of anilines is 3. The van der Waals surface area contributed by atoms with Crippen LogP contribution < -0.4 is 15.5 Å². The van der Waals surface area contributed by atoms with Gasteiger partial charge < -0.3 is 15.1 Å². The highest BCUT2D eigenvalue weighted by atomic mass is 35.5. The summed E-state index contributed by atoms with van der Waals surface area (Å²) in [4.78, 5) is 33.1.